The number of hydrogen-bond donors (Lipinski definition) is 0. The van der Waals surface area contributed by atoms with E-state index in [2.05, 4.69) is 166 Å². The Labute approximate surface area is 289 Å². The molecular formula is C46H30N4. The van der Waals surface area contributed by atoms with Crippen molar-refractivity contribution in [1.29, 1.82) is 0 Å². The molecule has 0 saturated heterocycles. The molecule has 0 aliphatic rings. The minimum Gasteiger partial charge on any atom is -0.309 e. The summed E-state index contributed by atoms with van der Waals surface area (Å²) in [6.07, 6.45) is 5.56. The van der Waals surface area contributed by atoms with E-state index in [1.54, 1.807) is 0 Å². The van der Waals surface area contributed by atoms with E-state index in [9.17, 15) is 0 Å². The molecule has 0 spiro atoms. The minimum atomic E-state index is 0.921. The summed E-state index contributed by atoms with van der Waals surface area (Å²) in [7, 11) is 0. The predicted molar refractivity (Wildman–Crippen MR) is 207 cm³/mol. The summed E-state index contributed by atoms with van der Waals surface area (Å²) < 4.78 is 4.69. The van der Waals surface area contributed by atoms with Gasteiger partial charge in [0.2, 0.25) is 0 Å². The van der Waals surface area contributed by atoms with Crippen LogP contribution in [0.5, 0.6) is 0 Å². The molecule has 10 rings (SSSR count). The molecule has 4 aromatic heterocycles. The van der Waals surface area contributed by atoms with Crippen LogP contribution >= 0.6 is 0 Å². The van der Waals surface area contributed by atoms with E-state index in [1.807, 2.05) is 30.7 Å². The molecule has 0 amide bonds. The number of pyridine rings is 2. The van der Waals surface area contributed by atoms with Crippen LogP contribution in [0.15, 0.2) is 182 Å². The minimum absolute atomic E-state index is 0.921. The number of para-hydroxylation sites is 2. The highest BCUT2D eigenvalue weighted by Gasteiger charge is 2.18. The first kappa shape index (κ1) is 28.3. The van der Waals surface area contributed by atoms with Crippen LogP contribution in [0.2, 0.25) is 0 Å². The van der Waals surface area contributed by atoms with Gasteiger partial charge in [0.1, 0.15) is 5.82 Å². The maximum Gasteiger partial charge on any atom is 0.137 e. The summed E-state index contributed by atoms with van der Waals surface area (Å²) in [4.78, 5) is 8.94. The first-order chi connectivity index (χ1) is 24.8. The van der Waals surface area contributed by atoms with Gasteiger partial charge in [0.05, 0.1) is 27.8 Å². The van der Waals surface area contributed by atoms with Crippen molar-refractivity contribution in [2.75, 3.05) is 0 Å². The van der Waals surface area contributed by atoms with E-state index < -0.39 is 0 Å². The van der Waals surface area contributed by atoms with Gasteiger partial charge in [0.15, 0.2) is 0 Å². The van der Waals surface area contributed by atoms with Crippen molar-refractivity contribution in [1.82, 2.24) is 19.1 Å². The third-order valence-electron chi connectivity index (χ3n) is 9.89. The van der Waals surface area contributed by atoms with Crippen LogP contribution in [0.3, 0.4) is 0 Å². The monoisotopic (exact) mass is 638 g/mol. The van der Waals surface area contributed by atoms with Crippen molar-refractivity contribution in [2.45, 2.75) is 0 Å². The molecule has 0 saturated carbocycles. The fraction of sp³-hybridized carbons (Fsp3) is 0. The van der Waals surface area contributed by atoms with Gasteiger partial charge in [-0.25, -0.2) is 4.98 Å². The zero-order chi connectivity index (χ0) is 33.0. The molecule has 4 nitrogen and oxygen atoms in total. The average Bonchev–Trinajstić information content (AvgIpc) is 3.71. The largest absolute Gasteiger partial charge is 0.309 e. The zero-order valence-electron chi connectivity index (χ0n) is 27.1. The van der Waals surface area contributed by atoms with Crippen molar-refractivity contribution < 1.29 is 0 Å². The lowest BCUT2D eigenvalue weighted by Gasteiger charge is -2.16. The highest BCUT2D eigenvalue weighted by molar-refractivity contribution is 6.13. The normalized spacial score (nSPS) is 11.6. The van der Waals surface area contributed by atoms with E-state index >= 15 is 0 Å². The third-order valence-corrected chi connectivity index (χ3v) is 9.89. The van der Waals surface area contributed by atoms with E-state index in [0.717, 1.165) is 33.7 Å². The van der Waals surface area contributed by atoms with Crippen LogP contribution in [0.1, 0.15) is 0 Å². The number of fused-ring (bicyclic) bond motifs is 6. The molecule has 4 heterocycles. The van der Waals surface area contributed by atoms with Gasteiger partial charge in [0.25, 0.3) is 0 Å². The lowest BCUT2D eigenvalue weighted by atomic mass is 9.97. The first-order valence-electron chi connectivity index (χ1n) is 16.9. The molecule has 0 aliphatic heterocycles. The Morgan fingerprint density at radius 3 is 1.58 bits per heavy atom. The number of hydrogen-bond acceptors (Lipinski definition) is 2. The second kappa shape index (κ2) is 11.4. The van der Waals surface area contributed by atoms with Gasteiger partial charge < -0.3 is 4.57 Å². The molecule has 0 fully saturated rings. The molecule has 0 unspecified atom stereocenters. The van der Waals surface area contributed by atoms with Crippen LogP contribution in [0.4, 0.5) is 0 Å². The fourth-order valence-corrected chi connectivity index (χ4v) is 7.60. The summed E-state index contributed by atoms with van der Waals surface area (Å²) in [5.74, 6) is 0.921. The molecule has 0 bridgehead atoms. The Balaban J connectivity index is 1.17. The van der Waals surface area contributed by atoms with Crippen molar-refractivity contribution in [3.63, 3.8) is 0 Å². The molecule has 0 radical (unpaired) electrons. The Bertz CT molecular complexity index is 2850. The van der Waals surface area contributed by atoms with Crippen LogP contribution in [-0.2, 0) is 0 Å². The van der Waals surface area contributed by atoms with Crippen LogP contribution in [-0.4, -0.2) is 19.1 Å². The van der Waals surface area contributed by atoms with Gasteiger partial charge in [-0.2, -0.15) is 0 Å². The predicted octanol–water partition coefficient (Wildman–Crippen LogP) is 11.7. The maximum absolute atomic E-state index is 4.70. The SMILES string of the molecule is c1ccc(-c2cc(-c3ccncc3)ccc2-n2c3ccccc3c3cc(-c4ccc5c(c4)c4ccccc4n5-c4ccccn4)ccc32)cc1. The lowest BCUT2D eigenvalue weighted by Crippen LogP contribution is -1.98. The Kier molecular flexibility index (Phi) is 6.46. The number of benzene rings is 6. The molecule has 0 aliphatic carbocycles. The maximum atomic E-state index is 4.70. The third kappa shape index (κ3) is 4.46. The Hall–Kier alpha value is -6.78. The van der Waals surface area contributed by atoms with Crippen molar-refractivity contribution >= 4 is 43.6 Å². The highest BCUT2D eigenvalue weighted by atomic mass is 15.1. The van der Waals surface area contributed by atoms with E-state index in [1.165, 1.54) is 54.8 Å². The molecule has 0 atom stereocenters. The quantitative estimate of drug-likeness (QED) is 0.188. The van der Waals surface area contributed by atoms with Gasteiger partial charge in [-0.3, -0.25) is 9.55 Å². The molecular weight excluding hydrogens is 609 g/mol. The summed E-state index contributed by atoms with van der Waals surface area (Å²) in [5.41, 5.74) is 12.9. The summed E-state index contributed by atoms with van der Waals surface area (Å²) in [6, 6.07) is 58.8. The van der Waals surface area contributed by atoms with Gasteiger partial charge in [-0.05, 0) is 101 Å². The molecule has 6 aromatic carbocycles. The Morgan fingerprint density at radius 1 is 0.340 bits per heavy atom. The number of nitrogens with zero attached hydrogens (tertiary/aromatic N) is 4. The van der Waals surface area contributed by atoms with Crippen molar-refractivity contribution in [3.05, 3.63) is 182 Å². The van der Waals surface area contributed by atoms with Crippen LogP contribution < -0.4 is 0 Å². The summed E-state index contributed by atoms with van der Waals surface area (Å²) in [6.45, 7) is 0. The first-order valence-corrected chi connectivity index (χ1v) is 16.9. The number of aromatic nitrogens is 4. The topological polar surface area (TPSA) is 35.6 Å². The highest BCUT2D eigenvalue weighted by Crippen LogP contribution is 2.40. The number of rotatable bonds is 5. The standard InChI is InChI=1S/C46H30N4/c1-2-10-32(11-3-1)38-28-33(31-23-26-47-27-24-31)17-20-43(38)49-41-14-6-4-12-36(41)39-29-34(18-21-44(39)49)35-19-22-45-40(30-35)37-13-5-7-15-42(37)50(45)46-16-8-9-25-48-46/h1-30H. The molecule has 50 heavy (non-hydrogen) atoms. The molecule has 0 N–H and O–H groups in total. The van der Waals surface area contributed by atoms with Gasteiger partial charge >= 0.3 is 0 Å². The van der Waals surface area contributed by atoms with Crippen LogP contribution in [0.25, 0.3) is 88.5 Å². The summed E-state index contributed by atoms with van der Waals surface area (Å²) >= 11 is 0. The second-order valence-corrected chi connectivity index (χ2v) is 12.7. The molecule has 234 valence electrons. The molecule has 10 aromatic rings. The van der Waals surface area contributed by atoms with Gasteiger partial charge in [-0.15, -0.1) is 0 Å². The van der Waals surface area contributed by atoms with Crippen molar-refractivity contribution in [2.24, 2.45) is 0 Å². The van der Waals surface area contributed by atoms with Crippen LogP contribution in [0, 0.1) is 0 Å². The summed E-state index contributed by atoms with van der Waals surface area (Å²) in [5, 5.41) is 4.89. The fourth-order valence-electron chi connectivity index (χ4n) is 7.60. The van der Waals surface area contributed by atoms with E-state index in [-0.39, 0.29) is 0 Å². The molecule has 4 heteroatoms. The van der Waals surface area contributed by atoms with E-state index in [0.29, 0.717) is 0 Å². The van der Waals surface area contributed by atoms with Gasteiger partial charge in [-0.1, -0.05) is 91.0 Å². The van der Waals surface area contributed by atoms with Crippen molar-refractivity contribution in [3.8, 4) is 44.9 Å². The Morgan fingerprint density at radius 2 is 0.900 bits per heavy atom. The smallest absolute Gasteiger partial charge is 0.137 e. The van der Waals surface area contributed by atoms with E-state index in [4.69, 9.17) is 4.98 Å². The lowest BCUT2D eigenvalue weighted by molar-refractivity contribution is 1.08. The van der Waals surface area contributed by atoms with Gasteiger partial charge in [0, 0.05) is 45.7 Å². The zero-order valence-corrected chi connectivity index (χ0v) is 27.1. The second-order valence-electron chi connectivity index (χ2n) is 12.7. The average molecular weight is 639 g/mol.